The lowest BCUT2D eigenvalue weighted by molar-refractivity contribution is 0.0183. The van der Waals surface area contributed by atoms with Gasteiger partial charge >= 0.3 is 6.09 Å². The lowest BCUT2D eigenvalue weighted by Gasteiger charge is -2.33. The minimum absolute atomic E-state index is 0.0205. The summed E-state index contributed by atoms with van der Waals surface area (Å²) in [6, 6.07) is 16.9. The van der Waals surface area contributed by atoms with E-state index in [-0.39, 0.29) is 39.3 Å². The van der Waals surface area contributed by atoms with Gasteiger partial charge in [-0.3, -0.25) is 9.52 Å². The molecule has 1 aliphatic heterocycles. The summed E-state index contributed by atoms with van der Waals surface area (Å²) in [5.74, 6) is 0.483. The highest BCUT2D eigenvalue weighted by Gasteiger charge is 2.27. The molecule has 0 spiro atoms. The van der Waals surface area contributed by atoms with E-state index in [1.54, 1.807) is 41.3 Å². The summed E-state index contributed by atoms with van der Waals surface area (Å²) >= 11 is 12.2. The number of carbonyl (C=O) groups excluding carboxylic acids is 2. The van der Waals surface area contributed by atoms with Gasteiger partial charge in [0.25, 0.3) is 15.9 Å². The summed E-state index contributed by atoms with van der Waals surface area (Å²) in [7, 11) is -4.00. The van der Waals surface area contributed by atoms with Crippen LogP contribution in [0.5, 0.6) is 11.5 Å². The number of para-hydroxylation sites is 2. The Kier molecular flexibility index (Phi) is 9.91. The average molecular weight is 635 g/mol. The highest BCUT2D eigenvalue weighted by molar-refractivity contribution is 7.92. The van der Waals surface area contributed by atoms with Crippen LogP contribution in [0, 0.1) is 5.92 Å². The summed E-state index contributed by atoms with van der Waals surface area (Å²) in [5, 5.41) is 3.63. The first kappa shape index (κ1) is 31.5. The highest BCUT2D eigenvalue weighted by atomic mass is 35.5. The molecule has 2 amide bonds. The van der Waals surface area contributed by atoms with Crippen molar-refractivity contribution in [2.24, 2.45) is 5.92 Å². The molecule has 0 unspecified atom stereocenters. The SMILES string of the molecule is CC(C)(C)OC(=O)N1CCC(CNC(=O)c2ccc(S(=O)(=O)Nc3ccccc3Oc3ccc(Cl)cc3Cl)cc2)CC1. The fraction of sp³-hybridized carbons (Fsp3) is 0.333. The lowest BCUT2D eigenvalue weighted by atomic mass is 9.97. The number of likely N-dealkylation sites (tertiary alicyclic amines) is 1. The molecule has 0 radical (unpaired) electrons. The van der Waals surface area contributed by atoms with E-state index in [9.17, 15) is 18.0 Å². The fourth-order valence-electron chi connectivity index (χ4n) is 4.29. The summed E-state index contributed by atoms with van der Waals surface area (Å²) < 4.78 is 40.1. The van der Waals surface area contributed by atoms with E-state index < -0.39 is 15.6 Å². The molecule has 4 rings (SSSR count). The molecule has 1 saturated heterocycles. The lowest BCUT2D eigenvalue weighted by Crippen LogP contribution is -2.43. The van der Waals surface area contributed by atoms with Gasteiger partial charge in [-0.25, -0.2) is 13.2 Å². The van der Waals surface area contributed by atoms with Crippen LogP contribution in [0.15, 0.2) is 71.6 Å². The zero-order valence-corrected chi connectivity index (χ0v) is 25.9. The number of sulfonamides is 1. The quantitative estimate of drug-likeness (QED) is 0.277. The molecule has 0 bridgehead atoms. The Labute approximate surface area is 256 Å². The molecule has 12 heteroatoms. The molecule has 9 nitrogen and oxygen atoms in total. The Bertz CT molecular complexity index is 1530. The molecule has 1 fully saturated rings. The standard InChI is InChI=1S/C30H33Cl2N3O6S/c1-30(2,3)41-29(37)35-16-14-20(15-17-35)19-33-28(36)21-8-11-23(12-9-21)42(38,39)34-25-6-4-5-7-27(25)40-26-13-10-22(31)18-24(26)32/h4-13,18,20,34H,14-17,19H2,1-3H3,(H,33,36). The maximum atomic E-state index is 13.1. The molecule has 3 aromatic carbocycles. The van der Waals surface area contributed by atoms with E-state index in [2.05, 4.69) is 10.0 Å². The van der Waals surface area contributed by atoms with Gasteiger partial charge in [-0.05, 0) is 94.1 Å². The predicted molar refractivity (Wildman–Crippen MR) is 163 cm³/mol. The molecule has 3 aromatic rings. The van der Waals surface area contributed by atoms with Gasteiger partial charge in [-0.15, -0.1) is 0 Å². The van der Waals surface area contributed by atoms with Crippen molar-refractivity contribution in [3.8, 4) is 11.5 Å². The van der Waals surface area contributed by atoms with Crippen molar-refractivity contribution in [1.29, 1.82) is 0 Å². The fourth-order valence-corrected chi connectivity index (χ4v) is 5.81. The monoisotopic (exact) mass is 633 g/mol. The van der Waals surface area contributed by atoms with Crippen LogP contribution in [0.4, 0.5) is 10.5 Å². The zero-order valence-electron chi connectivity index (χ0n) is 23.5. The third kappa shape index (κ3) is 8.53. The van der Waals surface area contributed by atoms with Gasteiger partial charge in [-0.2, -0.15) is 0 Å². The molecule has 0 saturated carbocycles. The van der Waals surface area contributed by atoms with Crippen LogP contribution in [0.3, 0.4) is 0 Å². The van der Waals surface area contributed by atoms with Crippen LogP contribution in [-0.4, -0.2) is 50.6 Å². The Hall–Kier alpha value is -3.47. The number of carbonyl (C=O) groups is 2. The van der Waals surface area contributed by atoms with E-state index in [4.69, 9.17) is 32.7 Å². The number of nitrogens with one attached hydrogen (secondary N) is 2. The molecular weight excluding hydrogens is 601 g/mol. The van der Waals surface area contributed by atoms with E-state index >= 15 is 0 Å². The molecule has 1 heterocycles. The highest BCUT2D eigenvalue weighted by Crippen LogP contribution is 2.35. The number of nitrogens with zero attached hydrogens (tertiary/aromatic N) is 1. The first-order valence-electron chi connectivity index (χ1n) is 13.4. The van der Waals surface area contributed by atoms with E-state index in [1.807, 2.05) is 20.8 Å². The number of anilines is 1. The first-order chi connectivity index (χ1) is 19.8. The molecule has 1 aliphatic rings. The van der Waals surface area contributed by atoms with Crippen LogP contribution in [0.1, 0.15) is 44.0 Å². The van der Waals surface area contributed by atoms with Crippen molar-refractivity contribution in [2.75, 3.05) is 24.4 Å². The predicted octanol–water partition coefficient (Wildman–Crippen LogP) is 6.96. The maximum Gasteiger partial charge on any atom is 0.410 e. The van der Waals surface area contributed by atoms with Crippen molar-refractivity contribution < 1.29 is 27.5 Å². The summed E-state index contributed by atoms with van der Waals surface area (Å²) in [4.78, 5) is 26.7. The van der Waals surface area contributed by atoms with Gasteiger partial charge in [0.05, 0.1) is 15.6 Å². The number of ether oxygens (including phenoxy) is 2. The topological polar surface area (TPSA) is 114 Å². The van der Waals surface area contributed by atoms with Gasteiger partial charge in [0, 0.05) is 30.2 Å². The number of halogens is 2. The van der Waals surface area contributed by atoms with E-state index in [1.165, 1.54) is 30.3 Å². The molecule has 0 aromatic heterocycles. The third-order valence-electron chi connectivity index (χ3n) is 6.49. The Morgan fingerprint density at radius 2 is 1.62 bits per heavy atom. The smallest absolute Gasteiger partial charge is 0.410 e. The van der Waals surface area contributed by atoms with Crippen LogP contribution in [0.25, 0.3) is 0 Å². The van der Waals surface area contributed by atoms with Crippen LogP contribution >= 0.6 is 23.2 Å². The number of piperidine rings is 1. The second-order valence-electron chi connectivity index (χ2n) is 10.9. The van der Waals surface area contributed by atoms with E-state index in [0.717, 1.165) is 12.8 Å². The van der Waals surface area contributed by atoms with Crippen LogP contribution < -0.4 is 14.8 Å². The number of rotatable bonds is 8. The number of benzene rings is 3. The van der Waals surface area contributed by atoms with Crippen molar-refractivity contribution >= 4 is 50.9 Å². The minimum atomic E-state index is -4.00. The van der Waals surface area contributed by atoms with Crippen molar-refractivity contribution in [1.82, 2.24) is 10.2 Å². The van der Waals surface area contributed by atoms with Gasteiger partial charge in [0.1, 0.15) is 11.4 Å². The second-order valence-corrected chi connectivity index (χ2v) is 13.4. The van der Waals surface area contributed by atoms with E-state index in [0.29, 0.717) is 36.0 Å². The van der Waals surface area contributed by atoms with Gasteiger partial charge in [-0.1, -0.05) is 35.3 Å². The Morgan fingerprint density at radius 3 is 2.26 bits per heavy atom. The zero-order chi connectivity index (χ0) is 30.5. The number of hydrogen-bond acceptors (Lipinski definition) is 6. The molecular formula is C30H33Cl2N3O6S. The molecule has 2 N–H and O–H groups in total. The van der Waals surface area contributed by atoms with Crippen molar-refractivity contribution in [3.63, 3.8) is 0 Å². The van der Waals surface area contributed by atoms with Crippen LogP contribution in [0.2, 0.25) is 10.0 Å². The van der Waals surface area contributed by atoms with Gasteiger partial charge < -0.3 is 19.7 Å². The number of hydrogen-bond donors (Lipinski definition) is 2. The molecule has 42 heavy (non-hydrogen) atoms. The van der Waals surface area contributed by atoms with Crippen molar-refractivity contribution in [3.05, 3.63) is 82.3 Å². The maximum absolute atomic E-state index is 13.1. The summed E-state index contributed by atoms with van der Waals surface area (Å²) in [6.07, 6.45) is 1.17. The molecule has 0 aliphatic carbocycles. The first-order valence-corrected chi connectivity index (χ1v) is 15.7. The summed E-state index contributed by atoms with van der Waals surface area (Å²) in [6.45, 7) is 7.09. The third-order valence-corrected chi connectivity index (χ3v) is 8.40. The largest absolute Gasteiger partial charge is 0.454 e. The van der Waals surface area contributed by atoms with Crippen molar-refractivity contribution in [2.45, 2.75) is 44.1 Å². The Morgan fingerprint density at radius 1 is 0.952 bits per heavy atom. The minimum Gasteiger partial charge on any atom is -0.454 e. The van der Waals surface area contributed by atoms with Gasteiger partial charge in [0.15, 0.2) is 5.75 Å². The normalized spacial score (nSPS) is 14.3. The average Bonchev–Trinajstić information content (AvgIpc) is 2.93. The van der Waals surface area contributed by atoms with Crippen LogP contribution in [-0.2, 0) is 14.8 Å². The van der Waals surface area contributed by atoms with Gasteiger partial charge in [0.2, 0.25) is 0 Å². The molecule has 0 atom stereocenters. The molecule has 224 valence electrons. The Balaban J connectivity index is 1.33. The number of amides is 2. The second kappa shape index (κ2) is 13.2. The summed E-state index contributed by atoms with van der Waals surface area (Å²) in [5.41, 5.74) is 0.00255.